The van der Waals surface area contributed by atoms with Gasteiger partial charge < -0.3 is 9.55 Å². The molecule has 0 saturated heterocycles. The molecule has 3 rings (SSSR count). The number of halogens is 2. The summed E-state index contributed by atoms with van der Waals surface area (Å²) in [6.07, 6.45) is 0. The molecule has 0 aliphatic rings. The molecule has 0 amide bonds. The highest BCUT2D eigenvalue weighted by atomic mass is 35.5. The average Bonchev–Trinajstić information content (AvgIpc) is 2.83. The normalized spacial score (nSPS) is 11.3. The summed E-state index contributed by atoms with van der Waals surface area (Å²) in [6, 6.07) is 4.54. The summed E-state index contributed by atoms with van der Waals surface area (Å²) in [5.74, 6) is -0.0999. The summed E-state index contributed by atoms with van der Waals surface area (Å²) in [5, 5.41) is 0.768. The van der Waals surface area contributed by atoms with E-state index in [-0.39, 0.29) is 17.1 Å². The third kappa shape index (κ3) is 3.21. The number of aromatic nitrogens is 3. The van der Waals surface area contributed by atoms with Gasteiger partial charge in [-0.1, -0.05) is 40.8 Å². The second-order valence-electron chi connectivity index (χ2n) is 4.62. The Hall–Kier alpha value is -1.22. The number of thioether (sulfide) groups is 1. The van der Waals surface area contributed by atoms with Crippen LogP contribution in [0, 0.1) is 9.77 Å². The molecule has 4 nitrogen and oxygen atoms in total. The summed E-state index contributed by atoms with van der Waals surface area (Å²) >= 11 is 13.7. The molecule has 0 aliphatic heterocycles. The van der Waals surface area contributed by atoms with Crippen molar-refractivity contribution in [3.05, 3.63) is 48.9 Å². The lowest BCUT2D eigenvalue weighted by Crippen LogP contribution is -2.09. The number of aryl methyl sites for hydroxylation is 1. The molecule has 1 aromatic carbocycles. The van der Waals surface area contributed by atoms with E-state index in [1.165, 1.54) is 29.2 Å². The van der Waals surface area contributed by atoms with E-state index in [0.29, 0.717) is 36.6 Å². The van der Waals surface area contributed by atoms with Crippen molar-refractivity contribution in [1.82, 2.24) is 14.5 Å². The van der Waals surface area contributed by atoms with Crippen LogP contribution in [0.2, 0.25) is 5.02 Å². The molecule has 1 N–H and O–H groups in total. The molecule has 0 bridgehead atoms. The number of nitrogens with zero attached hydrogens (tertiary/aromatic N) is 2. The van der Waals surface area contributed by atoms with Gasteiger partial charge in [0.1, 0.15) is 10.5 Å². The van der Waals surface area contributed by atoms with Gasteiger partial charge in [-0.25, -0.2) is 9.37 Å². The molecule has 0 aliphatic carbocycles. The summed E-state index contributed by atoms with van der Waals surface area (Å²) in [4.78, 5) is 19.3. The van der Waals surface area contributed by atoms with E-state index in [1.54, 1.807) is 12.1 Å². The number of nitrogens with one attached hydrogen (secondary N) is 1. The van der Waals surface area contributed by atoms with Crippen LogP contribution in [-0.2, 0) is 12.3 Å². The number of fused-ring (bicyclic) bond motifs is 1. The molecule has 0 saturated carbocycles. The van der Waals surface area contributed by atoms with Crippen molar-refractivity contribution in [2.24, 2.45) is 0 Å². The van der Waals surface area contributed by atoms with Gasteiger partial charge in [0, 0.05) is 22.9 Å². The molecular formula is C14H11ClFN3OS3. The molecule has 9 heteroatoms. The molecule has 0 unspecified atom stereocenters. The third-order valence-corrected chi connectivity index (χ3v) is 5.93. The first kappa shape index (κ1) is 16.6. The first-order valence-corrected chi connectivity index (χ1v) is 9.29. The molecule has 120 valence electrons. The van der Waals surface area contributed by atoms with Crippen LogP contribution in [0.25, 0.3) is 10.3 Å². The summed E-state index contributed by atoms with van der Waals surface area (Å²) in [5.41, 5.74) is 0.716. The first-order valence-electron chi connectivity index (χ1n) is 6.70. The molecule has 2 heterocycles. The number of hydrogen-bond donors (Lipinski definition) is 1. The minimum Gasteiger partial charge on any atom is -0.308 e. The van der Waals surface area contributed by atoms with Crippen LogP contribution in [-0.4, -0.2) is 14.5 Å². The Morgan fingerprint density at radius 2 is 2.30 bits per heavy atom. The Balaban J connectivity index is 1.98. The number of thiazole rings is 1. The topological polar surface area (TPSA) is 50.7 Å². The number of H-pyrrole nitrogens is 1. The van der Waals surface area contributed by atoms with E-state index in [4.69, 9.17) is 23.8 Å². The van der Waals surface area contributed by atoms with Gasteiger partial charge in [-0.15, -0.1) is 0 Å². The van der Waals surface area contributed by atoms with Gasteiger partial charge in [-0.05, 0) is 31.3 Å². The number of benzene rings is 1. The lowest BCUT2D eigenvalue weighted by atomic mass is 10.2. The Bertz CT molecular complexity index is 975. The van der Waals surface area contributed by atoms with Crippen LogP contribution in [0.4, 0.5) is 4.39 Å². The van der Waals surface area contributed by atoms with Gasteiger partial charge in [-0.3, -0.25) is 4.79 Å². The van der Waals surface area contributed by atoms with E-state index in [9.17, 15) is 9.18 Å². The SMILES string of the molecule is CCn1c(=S)sc2c(=O)[nH]c(SCc3c(F)cccc3Cl)nc21. The maximum Gasteiger partial charge on any atom is 0.271 e. The zero-order valence-corrected chi connectivity index (χ0v) is 15.1. The second-order valence-corrected chi connectivity index (χ2v) is 7.64. The maximum absolute atomic E-state index is 13.8. The monoisotopic (exact) mass is 387 g/mol. The zero-order valence-electron chi connectivity index (χ0n) is 11.9. The Labute approximate surface area is 149 Å². The van der Waals surface area contributed by atoms with Crippen LogP contribution in [0.5, 0.6) is 0 Å². The van der Waals surface area contributed by atoms with E-state index < -0.39 is 0 Å². The predicted molar refractivity (Wildman–Crippen MR) is 95.7 cm³/mol. The molecule has 0 radical (unpaired) electrons. The van der Waals surface area contributed by atoms with Crippen molar-refractivity contribution in [1.29, 1.82) is 0 Å². The van der Waals surface area contributed by atoms with Crippen LogP contribution in [0.3, 0.4) is 0 Å². The number of hydrogen-bond acceptors (Lipinski definition) is 5. The number of aromatic amines is 1. The molecule has 0 fully saturated rings. The summed E-state index contributed by atoms with van der Waals surface area (Å²) < 4.78 is 16.7. The fraction of sp³-hybridized carbons (Fsp3) is 0.214. The van der Waals surface area contributed by atoms with Gasteiger partial charge in [0.2, 0.25) is 0 Å². The van der Waals surface area contributed by atoms with Crippen LogP contribution in [0.1, 0.15) is 12.5 Å². The van der Waals surface area contributed by atoms with Crippen LogP contribution >= 0.6 is 46.9 Å². The van der Waals surface area contributed by atoms with E-state index in [2.05, 4.69) is 9.97 Å². The molecule has 0 spiro atoms. The number of rotatable bonds is 4. The van der Waals surface area contributed by atoms with Crippen molar-refractivity contribution in [2.45, 2.75) is 24.4 Å². The van der Waals surface area contributed by atoms with Gasteiger partial charge in [0.05, 0.1) is 0 Å². The summed E-state index contributed by atoms with van der Waals surface area (Å²) in [6.45, 7) is 2.58. The minimum atomic E-state index is -0.375. The summed E-state index contributed by atoms with van der Waals surface area (Å²) in [7, 11) is 0. The molecule has 3 aromatic rings. The van der Waals surface area contributed by atoms with E-state index in [0.717, 1.165) is 0 Å². The standard InChI is InChI=1S/C14H11ClFN3OS3/c1-2-19-11-10(23-14(19)21)12(20)18-13(17-11)22-6-7-8(15)4-3-5-9(7)16/h3-5H,2,6H2,1H3,(H,17,18,20). The van der Waals surface area contributed by atoms with Crippen LogP contribution in [0.15, 0.2) is 28.2 Å². The van der Waals surface area contributed by atoms with Crippen molar-refractivity contribution >= 4 is 57.3 Å². The molecule has 23 heavy (non-hydrogen) atoms. The third-order valence-electron chi connectivity index (χ3n) is 3.23. The largest absolute Gasteiger partial charge is 0.308 e. The highest BCUT2D eigenvalue weighted by molar-refractivity contribution is 7.98. The molecule has 0 atom stereocenters. The highest BCUT2D eigenvalue weighted by Gasteiger charge is 2.13. The fourth-order valence-corrected chi connectivity index (χ4v) is 4.65. The Kier molecular flexibility index (Phi) is 4.86. The lowest BCUT2D eigenvalue weighted by Gasteiger charge is -2.06. The van der Waals surface area contributed by atoms with E-state index in [1.807, 2.05) is 11.5 Å². The Morgan fingerprint density at radius 3 is 3.00 bits per heavy atom. The highest BCUT2D eigenvalue weighted by Crippen LogP contribution is 2.27. The molecule has 2 aromatic heterocycles. The smallest absolute Gasteiger partial charge is 0.271 e. The lowest BCUT2D eigenvalue weighted by molar-refractivity contribution is 0.617. The zero-order chi connectivity index (χ0) is 16.6. The average molecular weight is 388 g/mol. The van der Waals surface area contributed by atoms with E-state index >= 15 is 0 Å². The second kappa shape index (κ2) is 6.72. The van der Waals surface area contributed by atoms with Crippen LogP contribution < -0.4 is 5.56 Å². The minimum absolute atomic E-state index is 0.236. The van der Waals surface area contributed by atoms with Crippen molar-refractivity contribution in [2.75, 3.05) is 0 Å². The Morgan fingerprint density at radius 1 is 1.52 bits per heavy atom. The van der Waals surface area contributed by atoms with Gasteiger partial charge in [0.15, 0.2) is 14.8 Å². The first-order chi connectivity index (χ1) is 11.0. The fourth-order valence-electron chi connectivity index (χ4n) is 2.09. The van der Waals surface area contributed by atoms with Crippen molar-refractivity contribution < 1.29 is 4.39 Å². The maximum atomic E-state index is 13.8. The van der Waals surface area contributed by atoms with Gasteiger partial charge >= 0.3 is 0 Å². The predicted octanol–water partition coefficient (Wildman–Crippen LogP) is 4.62. The van der Waals surface area contributed by atoms with Crippen molar-refractivity contribution in [3.8, 4) is 0 Å². The van der Waals surface area contributed by atoms with Gasteiger partial charge in [0.25, 0.3) is 5.56 Å². The van der Waals surface area contributed by atoms with Crippen molar-refractivity contribution in [3.63, 3.8) is 0 Å². The quantitative estimate of drug-likeness (QED) is 0.403. The molecular weight excluding hydrogens is 377 g/mol. The van der Waals surface area contributed by atoms with Gasteiger partial charge in [-0.2, -0.15) is 0 Å².